The maximum absolute atomic E-state index is 12.3. The van der Waals surface area contributed by atoms with E-state index in [-0.39, 0.29) is 16.9 Å². The molecule has 146 valence electrons. The van der Waals surface area contributed by atoms with Crippen LogP contribution in [0.2, 0.25) is 5.02 Å². The third-order valence-corrected chi connectivity index (χ3v) is 5.72. The number of imide groups is 1. The minimum absolute atomic E-state index is 0.135. The monoisotopic (exact) mass is 427 g/mol. The van der Waals surface area contributed by atoms with Crippen molar-refractivity contribution in [3.05, 3.63) is 76.6 Å². The van der Waals surface area contributed by atoms with Gasteiger partial charge in [0.15, 0.2) is 5.16 Å². The molecule has 0 unspecified atom stereocenters. The number of imidazole rings is 1. The van der Waals surface area contributed by atoms with E-state index < -0.39 is 17.8 Å². The molecule has 0 saturated carbocycles. The maximum Gasteiger partial charge on any atom is 0.343 e. The summed E-state index contributed by atoms with van der Waals surface area (Å²) in [6.45, 7) is 1.89. The molecule has 1 aliphatic heterocycles. The molecular formula is C20H14ClN3O4S. The number of halogens is 1. The first-order valence-electron chi connectivity index (χ1n) is 8.57. The Kier molecular flexibility index (Phi) is 5.12. The molecule has 2 aromatic carbocycles. The Morgan fingerprint density at radius 2 is 1.79 bits per heavy atom. The first kappa shape index (κ1) is 19.2. The van der Waals surface area contributed by atoms with Crippen LogP contribution < -0.4 is 0 Å². The molecule has 0 atom stereocenters. The molecule has 0 aliphatic carbocycles. The van der Waals surface area contributed by atoms with Crippen molar-refractivity contribution in [1.82, 2.24) is 14.6 Å². The van der Waals surface area contributed by atoms with Crippen molar-refractivity contribution in [3.8, 4) is 5.69 Å². The molecule has 1 aliphatic rings. The summed E-state index contributed by atoms with van der Waals surface area (Å²) in [5.74, 6) is -2.17. The zero-order valence-corrected chi connectivity index (χ0v) is 16.7. The van der Waals surface area contributed by atoms with E-state index in [4.69, 9.17) is 16.4 Å². The van der Waals surface area contributed by atoms with E-state index in [1.165, 1.54) is 12.1 Å². The second-order valence-electron chi connectivity index (χ2n) is 6.17. The normalized spacial score (nSPS) is 13.0. The second-order valence-corrected chi connectivity index (χ2v) is 7.52. The Morgan fingerprint density at radius 1 is 1.10 bits per heavy atom. The highest BCUT2D eigenvalue weighted by Crippen LogP contribution is 2.27. The molecular weight excluding hydrogens is 414 g/mol. The number of fused-ring (bicyclic) bond motifs is 1. The number of carbonyl (C=O) groups is 3. The molecule has 0 N–H and O–H groups in total. The van der Waals surface area contributed by atoms with Crippen molar-refractivity contribution in [3.63, 3.8) is 0 Å². The van der Waals surface area contributed by atoms with Gasteiger partial charge < -0.3 is 4.84 Å². The van der Waals surface area contributed by atoms with Gasteiger partial charge in [-0.25, -0.2) is 9.78 Å². The fourth-order valence-electron chi connectivity index (χ4n) is 2.94. The van der Waals surface area contributed by atoms with Crippen LogP contribution in [0.15, 0.2) is 60.0 Å². The molecule has 2 heterocycles. The van der Waals surface area contributed by atoms with E-state index >= 15 is 0 Å². The van der Waals surface area contributed by atoms with E-state index in [9.17, 15) is 14.4 Å². The van der Waals surface area contributed by atoms with E-state index in [1.807, 2.05) is 19.1 Å². The van der Waals surface area contributed by atoms with Crippen LogP contribution in [0.25, 0.3) is 5.69 Å². The Labute approximate surface area is 175 Å². The van der Waals surface area contributed by atoms with Gasteiger partial charge in [0, 0.05) is 17.4 Å². The van der Waals surface area contributed by atoms with Gasteiger partial charge in [0.1, 0.15) is 5.75 Å². The summed E-state index contributed by atoms with van der Waals surface area (Å²) in [6.07, 6.45) is 3.37. The third-order valence-electron chi connectivity index (χ3n) is 4.37. The number of thioether (sulfide) groups is 1. The third kappa shape index (κ3) is 3.52. The molecule has 29 heavy (non-hydrogen) atoms. The van der Waals surface area contributed by atoms with E-state index in [2.05, 4.69) is 4.98 Å². The summed E-state index contributed by atoms with van der Waals surface area (Å²) in [5, 5.41) is 1.67. The van der Waals surface area contributed by atoms with Crippen molar-refractivity contribution in [2.24, 2.45) is 0 Å². The minimum atomic E-state index is -0.734. The summed E-state index contributed by atoms with van der Waals surface area (Å²) in [6, 6.07) is 11.8. The summed E-state index contributed by atoms with van der Waals surface area (Å²) < 4.78 is 1.81. The maximum atomic E-state index is 12.3. The second kappa shape index (κ2) is 7.73. The Balaban J connectivity index is 1.44. The predicted molar refractivity (Wildman–Crippen MR) is 107 cm³/mol. The highest BCUT2D eigenvalue weighted by molar-refractivity contribution is 7.99. The molecule has 3 aromatic rings. The first-order valence-corrected chi connectivity index (χ1v) is 9.94. The van der Waals surface area contributed by atoms with Gasteiger partial charge in [-0.2, -0.15) is 0 Å². The van der Waals surface area contributed by atoms with Crippen molar-refractivity contribution < 1.29 is 19.2 Å². The lowest BCUT2D eigenvalue weighted by Gasteiger charge is -2.13. The van der Waals surface area contributed by atoms with Crippen LogP contribution in [0.3, 0.4) is 0 Å². The number of amides is 2. The topological polar surface area (TPSA) is 81.5 Å². The minimum Gasteiger partial charge on any atom is -0.329 e. The lowest BCUT2D eigenvalue weighted by molar-refractivity contribution is -0.165. The number of aromatic nitrogens is 2. The summed E-state index contributed by atoms with van der Waals surface area (Å²) in [7, 11) is 0. The Bertz CT molecular complexity index is 1110. The number of hydrogen-bond donors (Lipinski definition) is 0. The summed E-state index contributed by atoms with van der Waals surface area (Å²) in [5.41, 5.74) is 2.14. The average molecular weight is 428 g/mol. The van der Waals surface area contributed by atoms with Gasteiger partial charge in [0.05, 0.1) is 16.8 Å². The molecule has 7 nitrogen and oxygen atoms in total. The predicted octanol–water partition coefficient (Wildman–Crippen LogP) is 3.68. The Hall–Kier alpha value is -3.10. The van der Waals surface area contributed by atoms with Gasteiger partial charge in [-0.15, -0.1) is 0 Å². The van der Waals surface area contributed by atoms with Crippen LogP contribution in [0.5, 0.6) is 0 Å². The highest BCUT2D eigenvalue weighted by Gasteiger charge is 2.38. The number of hydroxylamine groups is 2. The largest absolute Gasteiger partial charge is 0.343 e. The van der Waals surface area contributed by atoms with Gasteiger partial charge in [-0.1, -0.05) is 46.6 Å². The first-order chi connectivity index (χ1) is 14.0. The van der Waals surface area contributed by atoms with Crippen molar-refractivity contribution in [1.29, 1.82) is 0 Å². The van der Waals surface area contributed by atoms with Gasteiger partial charge in [-0.3, -0.25) is 14.2 Å². The van der Waals surface area contributed by atoms with Crippen LogP contribution in [0.4, 0.5) is 0 Å². The van der Waals surface area contributed by atoms with Crippen molar-refractivity contribution in [2.45, 2.75) is 12.1 Å². The number of nitrogens with zero attached hydrogens (tertiary/aromatic N) is 3. The highest BCUT2D eigenvalue weighted by atomic mass is 35.5. The van der Waals surface area contributed by atoms with Crippen molar-refractivity contribution in [2.75, 3.05) is 5.75 Å². The van der Waals surface area contributed by atoms with Gasteiger partial charge in [-0.05, 0) is 36.8 Å². The van der Waals surface area contributed by atoms with Crippen LogP contribution in [-0.4, -0.2) is 38.2 Å². The lowest BCUT2D eigenvalue weighted by Crippen LogP contribution is -2.33. The smallest absolute Gasteiger partial charge is 0.329 e. The number of rotatable bonds is 5. The van der Waals surface area contributed by atoms with Gasteiger partial charge >= 0.3 is 5.97 Å². The summed E-state index contributed by atoms with van der Waals surface area (Å²) in [4.78, 5) is 46.1. The molecule has 0 radical (unpaired) electrons. The molecule has 1 aromatic heterocycles. The van der Waals surface area contributed by atoms with Gasteiger partial charge in [0.25, 0.3) is 11.8 Å². The fraction of sp³-hybridized carbons (Fsp3) is 0.100. The fourth-order valence-corrected chi connectivity index (χ4v) is 3.84. The lowest BCUT2D eigenvalue weighted by atomic mass is 10.1. The van der Waals surface area contributed by atoms with Crippen LogP contribution >= 0.6 is 23.4 Å². The molecule has 4 rings (SSSR count). The molecule has 0 bridgehead atoms. The average Bonchev–Trinajstić information content (AvgIpc) is 3.28. The van der Waals surface area contributed by atoms with Crippen molar-refractivity contribution >= 4 is 41.1 Å². The summed E-state index contributed by atoms with van der Waals surface area (Å²) >= 11 is 7.31. The molecule has 9 heteroatoms. The van der Waals surface area contributed by atoms with Crippen LogP contribution in [-0.2, 0) is 9.63 Å². The van der Waals surface area contributed by atoms with Gasteiger partial charge in [0.2, 0.25) is 0 Å². The van der Waals surface area contributed by atoms with Crippen LogP contribution in [0.1, 0.15) is 26.3 Å². The van der Waals surface area contributed by atoms with E-state index in [0.29, 0.717) is 15.2 Å². The zero-order valence-electron chi connectivity index (χ0n) is 15.2. The number of hydrogen-bond acceptors (Lipinski definition) is 6. The molecule has 0 fully saturated rings. The molecule has 0 saturated heterocycles. The van der Waals surface area contributed by atoms with E-state index in [1.54, 1.807) is 35.2 Å². The zero-order chi connectivity index (χ0) is 20.5. The number of carbonyl (C=O) groups excluding carboxylic acids is 3. The molecule has 0 spiro atoms. The SMILES string of the molecule is Cc1c(Cl)cccc1-n1ccnc1SCC(=O)ON1C(=O)c2ccccc2C1=O. The Morgan fingerprint density at radius 3 is 2.48 bits per heavy atom. The molecule has 2 amide bonds. The van der Waals surface area contributed by atoms with Crippen LogP contribution in [0, 0.1) is 6.92 Å². The standard InChI is InChI=1S/C20H14ClN3O4S/c1-12-15(21)7-4-8-16(12)23-10-9-22-20(23)29-11-17(25)28-24-18(26)13-5-2-3-6-14(13)19(24)27/h2-10H,11H2,1H3. The number of benzene rings is 2. The quantitative estimate of drug-likeness (QED) is 0.456. The van der Waals surface area contributed by atoms with E-state index in [0.717, 1.165) is 23.0 Å².